The van der Waals surface area contributed by atoms with Crippen LogP contribution < -0.4 is 16.0 Å². The molecule has 0 radical (unpaired) electrons. The Kier molecular flexibility index (Phi) is 8.79. The average molecular weight is 659 g/mol. The van der Waals surface area contributed by atoms with Crippen molar-refractivity contribution in [2.45, 2.75) is 106 Å². The second-order valence-corrected chi connectivity index (χ2v) is 15.2. The van der Waals surface area contributed by atoms with Crippen LogP contribution in [0.3, 0.4) is 0 Å². The maximum absolute atomic E-state index is 13.0. The Morgan fingerprint density at radius 3 is 2.31 bits per heavy atom. The number of allylic oxidation sites excluding steroid dienone is 3. The van der Waals surface area contributed by atoms with E-state index in [0.717, 1.165) is 89.0 Å². The summed E-state index contributed by atoms with van der Waals surface area (Å²) >= 11 is 0. The number of carboxylic acids is 1. The largest absolute Gasteiger partial charge is 0.478 e. The first-order valence-electron chi connectivity index (χ1n) is 18.7. The Balaban J connectivity index is 1.54. The van der Waals surface area contributed by atoms with Crippen LogP contribution in [-0.4, -0.2) is 26.0 Å². The molecule has 258 valence electrons. The van der Waals surface area contributed by atoms with E-state index in [1.807, 2.05) is 6.08 Å². The van der Waals surface area contributed by atoms with Gasteiger partial charge in [-0.1, -0.05) is 65.2 Å². The van der Waals surface area contributed by atoms with Gasteiger partial charge in [-0.05, 0) is 117 Å². The number of hydrogen-bond donors (Lipinski definition) is 5. The average Bonchev–Trinajstić information content (AvgIpc) is 3.74. The van der Waals surface area contributed by atoms with Crippen molar-refractivity contribution in [3.63, 3.8) is 0 Å². The molecule has 5 heterocycles. The molecule has 3 aromatic heterocycles. The number of aliphatic carboxylic acids is 1. The summed E-state index contributed by atoms with van der Waals surface area (Å²) in [6.45, 7) is 17.7. The molecule has 5 N–H and O–H groups in total. The fourth-order valence-corrected chi connectivity index (χ4v) is 9.89. The third-order valence-corrected chi connectivity index (χ3v) is 12.7. The van der Waals surface area contributed by atoms with Crippen molar-refractivity contribution < 1.29 is 9.90 Å². The van der Waals surface area contributed by atoms with Crippen LogP contribution in [0.5, 0.6) is 0 Å². The number of aromatic nitrogens is 3. The predicted octanol–water partition coefficient (Wildman–Crippen LogP) is 8.33. The van der Waals surface area contributed by atoms with Gasteiger partial charge < -0.3 is 25.4 Å². The molecule has 0 aromatic carbocycles. The summed E-state index contributed by atoms with van der Waals surface area (Å²) in [7, 11) is 0. The molecule has 3 atom stereocenters. The van der Waals surface area contributed by atoms with Crippen LogP contribution in [-0.2, 0) is 17.6 Å². The van der Waals surface area contributed by atoms with E-state index in [0.29, 0.717) is 17.9 Å². The van der Waals surface area contributed by atoms with Crippen molar-refractivity contribution in [2.75, 3.05) is 0 Å². The first-order valence-corrected chi connectivity index (χ1v) is 18.7. The Bertz CT molecular complexity index is 2040. The molecule has 49 heavy (non-hydrogen) atoms. The zero-order chi connectivity index (χ0) is 34.6. The first-order chi connectivity index (χ1) is 23.6. The number of rotatable bonds is 7. The van der Waals surface area contributed by atoms with Gasteiger partial charge in [-0.3, -0.25) is 0 Å². The van der Waals surface area contributed by atoms with E-state index >= 15 is 0 Å². The Hall–Kier alpha value is -4.19. The molecule has 3 unspecified atom stereocenters. The van der Waals surface area contributed by atoms with Crippen molar-refractivity contribution in [3.05, 3.63) is 96.5 Å². The molecule has 8 bridgehead atoms. The van der Waals surface area contributed by atoms with Crippen LogP contribution >= 0.6 is 0 Å². The lowest BCUT2D eigenvalue weighted by molar-refractivity contribution is -0.134. The number of aromatic amines is 3. The standard InChI is InChI=1S/C43H54N4O2/c1-8-11-17-30-26(6)33-20-36-28(9-2)24(4)34(44-36)21-39-32-19-18-31(42(48)49)41(27-15-13-12-14-16-27)43(32,7)40(47-39)23-35-25(5)29(10-3)37(46-35)22-38(30)45-33/h9,18,20-23,27,32,41,44-47H,2,8,10-17,19H2,1,3-7H3,(H,48,49). The molecule has 7 rings (SSSR count). The highest BCUT2D eigenvalue weighted by Crippen LogP contribution is 2.60. The van der Waals surface area contributed by atoms with Crippen molar-refractivity contribution in [1.82, 2.24) is 20.3 Å². The van der Waals surface area contributed by atoms with Crippen LogP contribution in [0, 0.1) is 43.9 Å². The SMILES string of the molecule is C=Cc1c2[nH]c(c1C)C=C1NC(=Cc3[nH]c(c(CC)c3C)C=c3[nH]c(c(C)c3CCCC)=C2)C2(C)C1CC=C(C(=O)O)C2C1CCCCC1. The maximum Gasteiger partial charge on any atom is 0.331 e. The predicted molar refractivity (Wildman–Crippen MR) is 202 cm³/mol. The van der Waals surface area contributed by atoms with Gasteiger partial charge in [0.1, 0.15) is 0 Å². The van der Waals surface area contributed by atoms with Crippen LogP contribution in [0.25, 0.3) is 30.4 Å². The number of carboxylic acid groups (broad SMARTS) is 1. The summed E-state index contributed by atoms with van der Waals surface area (Å²) < 4.78 is 0. The smallest absolute Gasteiger partial charge is 0.331 e. The molecule has 0 spiro atoms. The highest BCUT2D eigenvalue weighted by atomic mass is 16.4. The van der Waals surface area contributed by atoms with Gasteiger partial charge >= 0.3 is 5.97 Å². The quantitative estimate of drug-likeness (QED) is 0.177. The second-order valence-electron chi connectivity index (χ2n) is 15.2. The molecule has 4 aliphatic rings. The van der Waals surface area contributed by atoms with Gasteiger partial charge in [0, 0.05) is 73.3 Å². The molecule has 1 saturated heterocycles. The van der Waals surface area contributed by atoms with E-state index in [4.69, 9.17) is 0 Å². The fourth-order valence-electron chi connectivity index (χ4n) is 9.89. The van der Waals surface area contributed by atoms with Crippen LogP contribution in [0.4, 0.5) is 0 Å². The van der Waals surface area contributed by atoms with E-state index in [1.54, 1.807) is 0 Å². The van der Waals surface area contributed by atoms with Crippen molar-refractivity contribution in [2.24, 2.45) is 23.2 Å². The van der Waals surface area contributed by atoms with Gasteiger partial charge in [-0.25, -0.2) is 4.79 Å². The molecule has 3 aromatic rings. The molecule has 2 fully saturated rings. The van der Waals surface area contributed by atoms with Gasteiger partial charge in [-0.2, -0.15) is 0 Å². The van der Waals surface area contributed by atoms with E-state index in [1.165, 1.54) is 47.1 Å². The second kappa shape index (κ2) is 12.9. The van der Waals surface area contributed by atoms with Crippen LogP contribution in [0.15, 0.2) is 29.6 Å². The third kappa shape index (κ3) is 5.43. The minimum atomic E-state index is -0.762. The van der Waals surface area contributed by atoms with Crippen molar-refractivity contribution in [3.8, 4) is 0 Å². The van der Waals surface area contributed by atoms with E-state index in [-0.39, 0.29) is 11.8 Å². The van der Waals surface area contributed by atoms with Crippen LogP contribution in [0.2, 0.25) is 0 Å². The molecule has 1 saturated carbocycles. The zero-order valence-electron chi connectivity index (χ0n) is 30.3. The summed E-state index contributed by atoms with van der Waals surface area (Å²) in [6, 6.07) is 0. The lowest BCUT2D eigenvalue weighted by atomic mass is 9.55. The van der Waals surface area contributed by atoms with E-state index in [9.17, 15) is 9.90 Å². The first kappa shape index (κ1) is 33.3. The molecule has 2 aliphatic carbocycles. The third-order valence-electron chi connectivity index (χ3n) is 12.7. The Morgan fingerprint density at radius 2 is 1.61 bits per heavy atom. The number of nitrogens with one attached hydrogen (secondary N) is 4. The molecule has 6 nitrogen and oxygen atoms in total. The van der Waals surface area contributed by atoms with E-state index in [2.05, 4.69) is 98.8 Å². The van der Waals surface area contributed by atoms with Gasteiger partial charge in [-0.15, -0.1) is 0 Å². The minimum absolute atomic E-state index is 0.0683. The minimum Gasteiger partial charge on any atom is -0.478 e. The Labute approximate surface area is 291 Å². The summed E-state index contributed by atoms with van der Waals surface area (Å²) in [6.07, 6.45) is 23.9. The summed E-state index contributed by atoms with van der Waals surface area (Å²) in [5.41, 5.74) is 14.4. The number of hydrogen-bond acceptors (Lipinski definition) is 2. The van der Waals surface area contributed by atoms with Crippen LogP contribution in [0.1, 0.15) is 128 Å². The molecule has 2 aliphatic heterocycles. The zero-order valence-corrected chi connectivity index (χ0v) is 30.3. The Morgan fingerprint density at radius 1 is 0.898 bits per heavy atom. The summed E-state index contributed by atoms with van der Waals surface area (Å²) in [4.78, 5) is 24.4. The van der Waals surface area contributed by atoms with Gasteiger partial charge in [0.2, 0.25) is 0 Å². The fraction of sp³-hybridized carbons (Fsp3) is 0.465. The highest BCUT2D eigenvalue weighted by Gasteiger charge is 2.56. The van der Waals surface area contributed by atoms with Gasteiger partial charge in [0.25, 0.3) is 0 Å². The van der Waals surface area contributed by atoms with Crippen molar-refractivity contribution >= 4 is 36.3 Å². The lowest BCUT2D eigenvalue weighted by Gasteiger charge is -2.47. The number of H-pyrrole nitrogens is 3. The molecule has 6 heteroatoms. The monoisotopic (exact) mass is 658 g/mol. The summed E-state index contributed by atoms with van der Waals surface area (Å²) in [5, 5.41) is 16.9. The lowest BCUT2D eigenvalue weighted by Crippen LogP contribution is -2.43. The highest BCUT2D eigenvalue weighted by molar-refractivity contribution is 5.88. The molecular weight excluding hydrogens is 604 g/mol. The molecule has 0 amide bonds. The number of carbonyl (C=O) groups is 1. The van der Waals surface area contributed by atoms with Crippen molar-refractivity contribution in [1.29, 1.82) is 0 Å². The topological polar surface area (TPSA) is 96.7 Å². The number of fused-ring (bicyclic) bond motifs is 11. The molecular formula is C43H54N4O2. The summed E-state index contributed by atoms with van der Waals surface area (Å²) in [5.74, 6) is -0.356. The maximum atomic E-state index is 13.0. The van der Waals surface area contributed by atoms with Gasteiger partial charge in [0.05, 0.1) is 0 Å². The van der Waals surface area contributed by atoms with E-state index < -0.39 is 11.4 Å². The number of unbranched alkanes of at least 4 members (excludes halogenated alkanes) is 1. The normalized spacial score (nSPS) is 23.4. The van der Waals surface area contributed by atoms with Gasteiger partial charge in [0.15, 0.2) is 0 Å².